The number of para-hydroxylation sites is 2. The van der Waals surface area contributed by atoms with Crippen molar-refractivity contribution in [1.29, 1.82) is 5.26 Å². The van der Waals surface area contributed by atoms with Crippen molar-refractivity contribution in [3.05, 3.63) is 65.7 Å². The maximum absolute atomic E-state index is 10.9. The number of benzene rings is 2. The van der Waals surface area contributed by atoms with E-state index in [4.69, 9.17) is 4.74 Å². The summed E-state index contributed by atoms with van der Waals surface area (Å²) in [4.78, 5) is 6.78. The number of aliphatic hydroxyl groups is 1. The number of fused-ring (bicyclic) bond motifs is 1. The molecule has 3 aromatic rings. The van der Waals surface area contributed by atoms with E-state index in [2.05, 4.69) is 16.0 Å². The van der Waals surface area contributed by atoms with E-state index in [1.54, 1.807) is 7.11 Å². The predicted octanol–water partition coefficient (Wildman–Crippen LogP) is 4.04. The second-order valence-corrected chi connectivity index (χ2v) is 7.40. The molecule has 1 fully saturated rings. The number of allylic oxidation sites excluding steroid dienone is 1. The molecule has 0 saturated heterocycles. The van der Waals surface area contributed by atoms with Gasteiger partial charge in [0, 0.05) is 19.6 Å². The van der Waals surface area contributed by atoms with Crippen LogP contribution in [-0.4, -0.2) is 39.3 Å². The molecule has 0 spiro atoms. The van der Waals surface area contributed by atoms with Crippen LogP contribution < -0.4 is 4.74 Å². The van der Waals surface area contributed by atoms with E-state index in [0.717, 1.165) is 35.2 Å². The highest BCUT2D eigenvalue weighted by atomic mass is 16.5. The minimum absolute atomic E-state index is 0.0614. The molecule has 6 heteroatoms. The van der Waals surface area contributed by atoms with Crippen LogP contribution in [0.15, 0.2) is 54.3 Å². The first kappa shape index (κ1) is 19.0. The van der Waals surface area contributed by atoms with Gasteiger partial charge in [-0.25, -0.2) is 4.98 Å². The number of rotatable bonds is 7. The van der Waals surface area contributed by atoms with Gasteiger partial charge in [0.05, 0.1) is 24.7 Å². The minimum atomic E-state index is 0.0614. The van der Waals surface area contributed by atoms with Crippen molar-refractivity contribution >= 4 is 16.6 Å². The third kappa shape index (κ3) is 3.96. The molecule has 0 bridgehead atoms. The average molecular weight is 388 g/mol. The first-order valence-corrected chi connectivity index (χ1v) is 9.71. The highest BCUT2D eigenvalue weighted by Gasteiger charge is 2.30. The molecule has 0 unspecified atom stereocenters. The van der Waals surface area contributed by atoms with Crippen LogP contribution in [0.3, 0.4) is 0 Å². The van der Waals surface area contributed by atoms with Crippen LogP contribution in [-0.2, 0) is 13.6 Å². The quantitative estimate of drug-likeness (QED) is 0.488. The van der Waals surface area contributed by atoms with E-state index >= 15 is 0 Å². The monoisotopic (exact) mass is 388 g/mol. The Morgan fingerprint density at radius 2 is 1.97 bits per heavy atom. The number of nitriles is 1. The average Bonchev–Trinajstić information content (AvgIpc) is 3.54. The summed E-state index contributed by atoms with van der Waals surface area (Å²) in [6.45, 7) is 1.03. The standard InChI is InChI=1S/C23H24N4O2/c1-26-21-6-4-3-5-20(21)25-23(26)19(13-24)22(28)15-27(17-9-10-17)14-16-7-11-18(29-2)12-8-16/h3-8,11-12,17,28H,9-10,14-15H2,1-2H3/b22-19-. The summed E-state index contributed by atoms with van der Waals surface area (Å²) in [5.74, 6) is 1.38. The second-order valence-electron chi connectivity index (χ2n) is 7.40. The zero-order valence-corrected chi connectivity index (χ0v) is 16.7. The zero-order valence-electron chi connectivity index (χ0n) is 16.7. The Labute approximate surface area is 170 Å². The second kappa shape index (κ2) is 7.98. The van der Waals surface area contributed by atoms with Gasteiger partial charge in [0.1, 0.15) is 23.2 Å². The van der Waals surface area contributed by atoms with Gasteiger partial charge in [-0.15, -0.1) is 0 Å². The lowest BCUT2D eigenvalue weighted by Gasteiger charge is -2.22. The first-order valence-electron chi connectivity index (χ1n) is 9.71. The molecule has 0 atom stereocenters. The Morgan fingerprint density at radius 3 is 2.59 bits per heavy atom. The van der Waals surface area contributed by atoms with E-state index in [1.807, 2.05) is 60.1 Å². The largest absolute Gasteiger partial charge is 0.509 e. The van der Waals surface area contributed by atoms with E-state index in [0.29, 0.717) is 25.0 Å². The van der Waals surface area contributed by atoms with Gasteiger partial charge in [0.2, 0.25) is 0 Å². The number of aryl methyl sites for hydroxylation is 1. The summed E-state index contributed by atoms with van der Waals surface area (Å²) in [5, 5.41) is 20.6. The molecular weight excluding hydrogens is 364 g/mol. The van der Waals surface area contributed by atoms with Crippen LogP contribution in [0.4, 0.5) is 0 Å². The molecule has 1 aromatic heterocycles. The number of ether oxygens (including phenoxy) is 1. The van der Waals surface area contributed by atoms with Crippen molar-refractivity contribution in [2.45, 2.75) is 25.4 Å². The number of aromatic nitrogens is 2. The lowest BCUT2D eigenvalue weighted by Crippen LogP contribution is -2.28. The molecule has 0 aliphatic heterocycles. The molecule has 4 rings (SSSR count). The Hall–Kier alpha value is -3.30. The van der Waals surface area contributed by atoms with Crippen LogP contribution in [0.5, 0.6) is 5.75 Å². The molecule has 1 saturated carbocycles. The van der Waals surface area contributed by atoms with E-state index in [1.165, 1.54) is 0 Å². The van der Waals surface area contributed by atoms with Crippen LogP contribution in [0.1, 0.15) is 24.2 Å². The number of hydrogen-bond acceptors (Lipinski definition) is 5. The predicted molar refractivity (Wildman–Crippen MR) is 112 cm³/mol. The Kier molecular flexibility index (Phi) is 5.24. The molecule has 6 nitrogen and oxygen atoms in total. The summed E-state index contributed by atoms with van der Waals surface area (Å²) in [6, 6.07) is 18.3. The van der Waals surface area contributed by atoms with Crippen molar-refractivity contribution < 1.29 is 9.84 Å². The fraction of sp³-hybridized carbons (Fsp3) is 0.304. The summed E-state index contributed by atoms with van der Waals surface area (Å²) in [5.41, 5.74) is 3.11. The van der Waals surface area contributed by atoms with Crippen molar-refractivity contribution in [2.75, 3.05) is 13.7 Å². The first-order chi connectivity index (χ1) is 14.1. The Balaban J connectivity index is 1.60. The van der Waals surface area contributed by atoms with Crippen molar-refractivity contribution in [3.63, 3.8) is 0 Å². The SMILES string of the molecule is COc1ccc(CN(C/C(O)=C(\C#N)c2nc3ccccc3n2C)C2CC2)cc1. The van der Waals surface area contributed by atoms with Crippen LogP contribution >= 0.6 is 0 Å². The van der Waals surface area contributed by atoms with Crippen molar-refractivity contribution in [2.24, 2.45) is 7.05 Å². The molecule has 0 radical (unpaired) electrons. The summed E-state index contributed by atoms with van der Waals surface area (Å²) < 4.78 is 7.08. The fourth-order valence-corrected chi connectivity index (χ4v) is 3.60. The van der Waals surface area contributed by atoms with Gasteiger partial charge in [0.25, 0.3) is 0 Å². The lowest BCUT2D eigenvalue weighted by atomic mass is 10.1. The van der Waals surface area contributed by atoms with Crippen LogP contribution in [0, 0.1) is 11.3 Å². The molecule has 1 N–H and O–H groups in total. The zero-order chi connectivity index (χ0) is 20.4. The smallest absolute Gasteiger partial charge is 0.155 e. The third-order valence-electron chi connectivity index (χ3n) is 5.37. The topological polar surface area (TPSA) is 74.3 Å². The lowest BCUT2D eigenvalue weighted by molar-refractivity contribution is 0.234. The molecule has 1 aliphatic carbocycles. The molecule has 29 heavy (non-hydrogen) atoms. The highest BCUT2D eigenvalue weighted by Crippen LogP contribution is 2.30. The number of imidazole rings is 1. The van der Waals surface area contributed by atoms with Crippen LogP contribution in [0.2, 0.25) is 0 Å². The van der Waals surface area contributed by atoms with Gasteiger partial charge < -0.3 is 14.4 Å². The summed E-state index contributed by atoms with van der Waals surface area (Å²) in [7, 11) is 3.52. The fourth-order valence-electron chi connectivity index (χ4n) is 3.60. The molecule has 148 valence electrons. The molecule has 0 amide bonds. The summed E-state index contributed by atoms with van der Waals surface area (Å²) >= 11 is 0. The van der Waals surface area contributed by atoms with Gasteiger partial charge in [-0.2, -0.15) is 5.26 Å². The van der Waals surface area contributed by atoms with Gasteiger partial charge in [-0.1, -0.05) is 24.3 Å². The van der Waals surface area contributed by atoms with E-state index < -0.39 is 0 Å². The number of hydrogen-bond donors (Lipinski definition) is 1. The highest BCUT2D eigenvalue weighted by molar-refractivity contribution is 5.83. The van der Waals surface area contributed by atoms with E-state index in [9.17, 15) is 10.4 Å². The molecular formula is C23H24N4O2. The Bertz CT molecular complexity index is 1090. The third-order valence-corrected chi connectivity index (χ3v) is 5.37. The van der Waals surface area contributed by atoms with Gasteiger partial charge in [0.15, 0.2) is 5.82 Å². The number of methoxy groups -OCH3 is 1. The Morgan fingerprint density at radius 1 is 1.24 bits per heavy atom. The summed E-state index contributed by atoms with van der Waals surface area (Å²) in [6.07, 6.45) is 2.22. The molecule has 1 heterocycles. The van der Waals surface area contributed by atoms with Crippen LogP contribution in [0.25, 0.3) is 16.6 Å². The molecule has 2 aromatic carbocycles. The van der Waals surface area contributed by atoms with Crippen molar-refractivity contribution in [1.82, 2.24) is 14.5 Å². The number of nitrogens with zero attached hydrogens (tertiary/aromatic N) is 4. The maximum atomic E-state index is 10.9. The number of aliphatic hydroxyl groups excluding tert-OH is 1. The van der Waals surface area contributed by atoms with Crippen molar-refractivity contribution in [3.8, 4) is 11.8 Å². The van der Waals surface area contributed by atoms with Gasteiger partial charge in [-0.3, -0.25) is 4.90 Å². The molecule has 1 aliphatic rings. The normalized spacial score (nSPS) is 14.7. The minimum Gasteiger partial charge on any atom is -0.509 e. The van der Waals surface area contributed by atoms with Gasteiger partial charge >= 0.3 is 0 Å². The van der Waals surface area contributed by atoms with Gasteiger partial charge in [-0.05, 0) is 42.7 Å². The maximum Gasteiger partial charge on any atom is 0.155 e. The van der Waals surface area contributed by atoms with E-state index in [-0.39, 0.29) is 11.3 Å².